The maximum atomic E-state index is 12.6. The third kappa shape index (κ3) is 6.05. The monoisotopic (exact) mass is 498 g/mol. The van der Waals surface area contributed by atoms with Gasteiger partial charge in [-0.25, -0.2) is 0 Å². The van der Waals surface area contributed by atoms with Crippen LogP contribution in [0.3, 0.4) is 0 Å². The van der Waals surface area contributed by atoms with Gasteiger partial charge in [-0.15, -0.1) is 0 Å². The molecule has 5 aromatic rings. The first-order chi connectivity index (χ1) is 18.7. The minimum atomic E-state index is -0.0166. The van der Waals surface area contributed by atoms with Gasteiger partial charge < -0.3 is 9.47 Å². The smallest absolute Gasteiger partial charge is 0.193 e. The van der Waals surface area contributed by atoms with E-state index in [4.69, 9.17) is 9.47 Å². The Hall–Kier alpha value is -4.96. The van der Waals surface area contributed by atoms with Gasteiger partial charge >= 0.3 is 0 Å². The van der Waals surface area contributed by atoms with Crippen LogP contribution in [0.4, 0.5) is 0 Å². The summed E-state index contributed by atoms with van der Waals surface area (Å²) in [6.07, 6.45) is 0. The van der Waals surface area contributed by atoms with Crippen molar-refractivity contribution in [3.63, 3.8) is 0 Å². The van der Waals surface area contributed by atoms with Gasteiger partial charge in [-0.1, -0.05) is 84.9 Å². The van der Waals surface area contributed by atoms with Crippen LogP contribution in [-0.4, -0.2) is 11.6 Å². The van der Waals surface area contributed by atoms with Crippen LogP contribution < -0.4 is 9.47 Å². The average molecular weight is 499 g/mol. The van der Waals surface area contributed by atoms with E-state index in [1.165, 1.54) is 0 Å². The molecular formula is C34H26O4. The SMILES string of the molecule is O=C(c1ccccc1)c1ccc(OCc2ccccc2COc2ccc(C(=O)c3ccccc3)cc2)cc1. The molecular weight excluding hydrogens is 472 g/mol. The van der Waals surface area contributed by atoms with Crippen molar-refractivity contribution in [1.82, 2.24) is 0 Å². The Kier molecular flexibility index (Phi) is 7.71. The van der Waals surface area contributed by atoms with Crippen molar-refractivity contribution in [3.8, 4) is 11.5 Å². The Morgan fingerprint density at radius 1 is 0.395 bits per heavy atom. The predicted molar refractivity (Wildman–Crippen MR) is 148 cm³/mol. The lowest BCUT2D eigenvalue weighted by Crippen LogP contribution is -2.05. The Balaban J connectivity index is 1.18. The van der Waals surface area contributed by atoms with Crippen molar-refractivity contribution in [2.45, 2.75) is 13.2 Å². The van der Waals surface area contributed by atoms with Crippen LogP contribution in [0, 0.1) is 0 Å². The maximum Gasteiger partial charge on any atom is 0.193 e. The molecule has 0 fully saturated rings. The summed E-state index contributed by atoms with van der Waals surface area (Å²) in [5, 5.41) is 0. The number of hydrogen-bond acceptors (Lipinski definition) is 4. The lowest BCUT2D eigenvalue weighted by atomic mass is 10.0. The first-order valence-corrected chi connectivity index (χ1v) is 12.4. The van der Waals surface area contributed by atoms with Gasteiger partial charge in [-0.2, -0.15) is 0 Å². The van der Waals surface area contributed by atoms with Gasteiger partial charge in [-0.05, 0) is 59.7 Å². The highest BCUT2D eigenvalue weighted by Gasteiger charge is 2.11. The van der Waals surface area contributed by atoms with E-state index in [2.05, 4.69) is 0 Å². The topological polar surface area (TPSA) is 52.6 Å². The summed E-state index contributed by atoms with van der Waals surface area (Å²) in [4.78, 5) is 25.2. The van der Waals surface area contributed by atoms with Gasteiger partial charge in [0.2, 0.25) is 0 Å². The predicted octanol–water partition coefficient (Wildman–Crippen LogP) is 7.31. The Morgan fingerprint density at radius 2 is 0.711 bits per heavy atom. The van der Waals surface area contributed by atoms with E-state index in [9.17, 15) is 9.59 Å². The lowest BCUT2D eigenvalue weighted by molar-refractivity contribution is 0.103. The molecule has 0 aliphatic carbocycles. The summed E-state index contributed by atoms with van der Waals surface area (Å²) in [6, 6.07) is 40.8. The summed E-state index contributed by atoms with van der Waals surface area (Å²) < 4.78 is 12.0. The fraction of sp³-hybridized carbons (Fsp3) is 0.0588. The molecule has 0 N–H and O–H groups in total. The van der Waals surface area contributed by atoms with E-state index in [0.717, 1.165) is 11.1 Å². The highest BCUT2D eigenvalue weighted by atomic mass is 16.5. The largest absolute Gasteiger partial charge is 0.489 e. The Morgan fingerprint density at radius 3 is 1.08 bits per heavy atom. The quantitative estimate of drug-likeness (QED) is 0.190. The van der Waals surface area contributed by atoms with Gasteiger partial charge in [-0.3, -0.25) is 9.59 Å². The summed E-state index contributed by atoms with van der Waals surface area (Å²) in [6.45, 7) is 0.742. The van der Waals surface area contributed by atoms with E-state index in [-0.39, 0.29) is 11.6 Å². The molecule has 0 aliphatic heterocycles. The summed E-state index contributed by atoms with van der Waals surface area (Å²) in [5.74, 6) is 1.34. The van der Waals surface area contributed by atoms with Crippen molar-refractivity contribution in [2.75, 3.05) is 0 Å². The Bertz CT molecular complexity index is 1390. The fourth-order valence-electron chi connectivity index (χ4n) is 4.08. The summed E-state index contributed by atoms with van der Waals surface area (Å²) >= 11 is 0. The average Bonchev–Trinajstić information content (AvgIpc) is 3.00. The highest BCUT2D eigenvalue weighted by Crippen LogP contribution is 2.21. The molecule has 0 amide bonds. The molecule has 0 aliphatic rings. The van der Waals surface area contributed by atoms with Crippen LogP contribution in [0.1, 0.15) is 43.0 Å². The third-order valence-electron chi connectivity index (χ3n) is 6.21. The molecule has 5 rings (SSSR count). The van der Waals surface area contributed by atoms with Crippen molar-refractivity contribution >= 4 is 11.6 Å². The zero-order valence-corrected chi connectivity index (χ0v) is 20.7. The van der Waals surface area contributed by atoms with Crippen LogP contribution in [0.5, 0.6) is 11.5 Å². The van der Waals surface area contributed by atoms with Gasteiger partial charge in [0.25, 0.3) is 0 Å². The van der Waals surface area contributed by atoms with Crippen molar-refractivity contribution in [3.05, 3.63) is 167 Å². The van der Waals surface area contributed by atoms with Gasteiger partial charge in [0.15, 0.2) is 11.6 Å². The molecule has 4 nitrogen and oxygen atoms in total. The second-order valence-corrected chi connectivity index (χ2v) is 8.79. The zero-order valence-electron chi connectivity index (χ0n) is 20.7. The first kappa shape index (κ1) is 24.7. The molecule has 0 bridgehead atoms. The number of carbonyl (C=O) groups is 2. The molecule has 0 radical (unpaired) electrons. The van der Waals surface area contributed by atoms with Crippen LogP contribution in [0.15, 0.2) is 133 Å². The van der Waals surface area contributed by atoms with E-state index >= 15 is 0 Å². The molecule has 186 valence electrons. The number of hydrogen-bond donors (Lipinski definition) is 0. The first-order valence-electron chi connectivity index (χ1n) is 12.4. The summed E-state index contributed by atoms with van der Waals surface area (Å²) in [7, 11) is 0. The number of rotatable bonds is 10. The van der Waals surface area contributed by atoms with Crippen LogP contribution in [-0.2, 0) is 13.2 Å². The zero-order chi connectivity index (χ0) is 26.2. The van der Waals surface area contributed by atoms with Crippen LogP contribution in [0.2, 0.25) is 0 Å². The van der Waals surface area contributed by atoms with Crippen LogP contribution in [0.25, 0.3) is 0 Å². The van der Waals surface area contributed by atoms with Crippen molar-refractivity contribution < 1.29 is 19.1 Å². The van der Waals surface area contributed by atoms with Gasteiger partial charge in [0.05, 0.1) is 0 Å². The molecule has 0 saturated carbocycles. The van der Waals surface area contributed by atoms with E-state index in [0.29, 0.717) is 47.0 Å². The molecule has 4 heteroatoms. The van der Waals surface area contributed by atoms with Gasteiger partial charge in [0.1, 0.15) is 24.7 Å². The lowest BCUT2D eigenvalue weighted by Gasteiger charge is -2.13. The van der Waals surface area contributed by atoms with E-state index < -0.39 is 0 Å². The molecule has 0 heterocycles. The molecule has 0 atom stereocenters. The molecule has 0 saturated heterocycles. The Labute approximate surface area is 222 Å². The minimum absolute atomic E-state index is 0.0166. The molecule has 0 spiro atoms. The van der Waals surface area contributed by atoms with Crippen molar-refractivity contribution in [2.24, 2.45) is 0 Å². The van der Waals surface area contributed by atoms with Crippen molar-refractivity contribution in [1.29, 1.82) is 0 Å². The normalized spacial score (nSPS) is 10.5. The van der Waals surface area contributed by atoms with E-state index in [1.54, 1.807) is 24.3 Å². The van der Waals surface area contributed by atoms with Gasteiger partial charge in [0, 0.05) is 22.3 Å². The number of carbonyl (C=O) groups excluding carboxylic acids is 2. The number of ether oxygens (including phenoxy) is 2. The number of ketones is 2. The molecule has 5 aromatic carbocycles. The summed E-state index contributed by atoms with van der Waals surface area (Å²) in [5.41, 5.74) is 4.57. The molecule has 0 aromatic heterocycles. The van der Waals surface area contributed by atoms with E-state index in [1.807, 2.05) is 109 Å². The third-order valence-corrected chi connectivity index (χ3v) is 6.21. The maximum absolute atomic E-state index is 12.6. The minimum Gasteiger partial charge on any atom is -0.489 e. The van der Waals surface area contributed by atoms with Crippen LogP contribution >= 0.6 is 0 Å². The second kappa shape index (κ2) is 11.8. The number of benzene rings is 5. The highest BCUT2D eigenvalue weighted by molar-refractivity contribution is 6.09. The second-order valence-electron chi connectivity index (χ2n) is 8.79. The fourth-order valence-corrected chi connectivity index (χ4v) is 4.08. The standard InChI is InChI=1S/C34H26O4/c35-33(25-9-3-1-4-10-25)27-15-19-31(20-16-27)37-23-29-13-7-8-14-30(29)24-38-32-21-17-28(18-22-32)34(36)26-11-5-2-6-12-26/h1-22H,23-24H2. The molecule has 38 heavy (non-hydrogen) atoms. The molecule has 0 unspecified atom stereocenters.